The Morgan fingerprint density at radius 2 is 2.10 bits per heavy atom. The average molecular weight is 282 g/mol. The van der Waals surface area contributed by atoms with E-state index in [2.05, 4.69) is 5.32 Å². The highest BCUT2D eigenvalue weighted by molar-refractivity contribution is 5.78. The van der Waals surface area contributed by atoms with Gasteiger partial charge in [0.2, 0.25) is 5.91 Å². The maximum absolute atomic E-state index is 11.8. The van der Waals surface area contributed by atoms with Crippen LogP contribution in [-0.4, -0.2) is 42.1 Å². The molecule has 1 unspecified atom stereocenters. The van der Waals surface area contributed by atoms with Gasteiger partial charge in [-0.3, -0.25) is 9.69 Å². The van der Waals surface area contributed by atoms with Crippen molar-refractivity contribution in [1.82, 2.24) is 10.2 Å². The number of hydrogen-bond donors (Lipinski definition) is 2. The van der Waals surface area contributed by atoms with E-state index in [0.717, 1.165) is 5.76 Å². The maximum atomic E-state index is 11.8. The molecule has 20 heavy (non-hydrogen) atoms. The largest absolute Gasteiger partial charge is 0.466 e. The minimum absolute atomic E-state index is 0.0978. The lowest BCUT2D eigenvalue weighted by Crippen LogP contribution is -2.43. The zero-order valence-electron chi connectivity index (χ0n) is 13.3. The monoisotopic (exact) mass is 282 g/mol. The summed E-state index contributed by atoms with van der Waals surface area (Å²) in [6.07, 6.45) is 0. The van der Waals surface area contributed by atoms with Gasteiger partial charge in [-0.25, -0.2) is 0 Å². The number of aliphatic hydroxyl groups is 1. The van der Waals surface area contributed by atoms with Crippen molar-refractivity contribution in [3.63, 3.8) is 0 Å². The van der Waals surface area contributed by atoms with Gasteiger partial charge < -0.3 is 14.8 Å². The summed E-state index contributed by atoms with van der Waals surface area (Å²) in [4.78, 5) is 13.8. The maximum Gasteiger partial charge on any atom is 0.234 e. The van der Waals surface area contributed by atoms with Gasteiger partial charge in [-0.1, -0.05) is 0 Å². The fourth-order valence-electron chi connectivity index (χ4n) is 2.00. The predicted octanol–water partition coefficient (Wildman–Crippen LogP) is 1.56. The van der Waals surface area contributed by atoms with E-state index in [4.69, 9.17) is 4.42 Å². The van der Waals surface area contributed by atoms with Crippen LogP contribution in [0.3, 0.4) is 0 Å². The number of furan rings is 1. The molecule has 5 nitrogen and oxygen atoms in total. The number of nitrogens with zero attached hydrogens (tertiary/aromatic N) is 1. The van der Waals surface area contributed by atoms with E-state index in [9.17, 15) is 9.90 Å². The molecule has 114 valence electrons. The zero-order valence-corrected chi connectivity index (χ0v) is 13.3. The van der Waals surface area contributed by atoms with Crippen LogP contribution in [0.2, 0.25) is 0 Å². The number of carbonyl (C=O) groups is 1. The number of likely N-dealkylation sites (N-methyl/N-ethyl adjacent to an activating group) is 1. The quantitative estimate of drug-likeness (QED) is 0.831. The first-order valence-corrected chi connectivity index (χ1v) is 6.90. The highest BCUT2D eigenvalue weighted by atomic mass is 16.3. The molecule has 1 rings (SSSR count). The lowest BCUT2D eigenvalue weighted by Gasteiger charge is -2.25. The Morgan fingerprint density at radius 1 is 1.50 bits per heavy atom. The number of rotatable bonds is 6. The molecule has 2 N–H and O–H groups in total. The second kappa shape index (κ2) is 6.41. The van der Waals surface area contributed by atoms with E-state index in [1.54, 1.807) is 6.92 Å². The molecule has 0 aliphatic rings. The summed E-state index contributed by atoms with van der Waals surface area (Å²) in [5.74, 6) is 1.34. The van der Waals surface area contributed by atoms with Crippen LogP contribution < -0.4 is 5.32 Å². The van der Waals surface area contributed by atoms with Crippen molar-refractivity contribution < 1.29 is 14.3 Å². The smallest absolute Gasteiger partial charge is 0.234 e. The van der Waals surface area contributed by atoms with Crippen LogP contribution in [0.1, 0.15) is 37.9 Å². The highest BCUT2D eigenvalue weighted by Gasteiger charge is 2.28. The third-order valence-electron chi connectivity index (χ3n) is 3.53. The van der Waals surface area contributed by atoms with Gasteiger partial charge in [-0.2, -0.15) is 0 Å². The fraction of sp³-hybridized carbons (Fsp3) is 0.667. The second-order valence-corrected chi connectivity index (χ2v) is 5.89. The molecular weight excluding hydrogens is 256 g/mol. The van der Waals surface area contributed by atoms with Crippen LogP contribution in [-0.2, 0) is 10.4 Å². The second-order valence-electron chi connectivity index (χ2n) is 5.89. The van der Waals surface area contributed by atoms with Crippen molar-refractivity contribution in [2.45, 2.75) is 46.3 Å². The molecule has 0 saturated heterocycles. The van der Waals surface area contributed by atoms with E-state index in [1.165, 1.54) is 0 Å². The van der Waals surface area contributed by atoms with Crippen molar-refractivity contribution >= 4 is 5.91 Å². The van der Waals surface area contributed by atoms with Crippen molar-refractivity contribution in [2.75, 3.05) is 20.1 Å². The Kier molecular flexibility index (Phi) is 5.36. The van der Waals surface area contributed by atoms with Crippen LogP contribution >= 0.6 is 0 Å². The first-order chi connectivity index (χ1) is 9.13. The summed E-state index contributed by atoms with van der Waals surface area (Å²) in [7, 11) is 1.89. The molecule has 1 amide bonds. The molecule has 0 aromatic carbocycles. The molecule has 0 aliphatic heterocycles. The van der Waals surface area contributed by atoms with Crippen LogP contribution in [0.5, 0.6) is 0 Å². The molecule has 5 heteroatoms. The number of amides is 1. The number of carbonyl (C=O) groups excluding carboxylic acids is 1. The normalized spacial score (nSPS) is 14.7. The van der Waals surface area contributed by atoms with Crippen molar-refractivity contribution in [1.29, 1.82) is 0 Å². The minimum Gasteiger partial charge on any atom is -0.466 e. The SMILES string of the molecule is Cc1cc(C(C)(O)CNC(=O)CN(C)C(C)C)c(C)o1. The van der Waals surface area contributed by atoms with Crippen molar-refractivity contribution in [3.8, 4) is 0 Å². The Morgan fingerprint density at radius 3 is 2.55 bits per heavy atom. The Balaban J connectivity index is 2.60. The molecule has 0 aliphatic carbocycles. The van der Waals surface area contributed by atoms with Crippen LogP contribution in [0, 0.1) is 13.8 Å². The summed E-state index contributed by atoms with van der Waals surface area (Å²) in [6, 6.07) is 2.11. The Bertz CT molecular complexity index is 464. The Hall–Kier alpha value is -1.33. The van der Waals surface area contributed by atoms with Crippen molar-refractivity contribution in [3.05, 3.63) is 23.2 Å². The summed E-state index contributed by atoms with van der Waals surface area (Å²) < 4.78 is 5.42. The van der Waals surface area contributed by atoms with E-state index >= 15 is 0 Å². The van der Waals surface area contributed by atoms with E-state index in [1.807, 2.05) is 45.7 Å². The molecule has 1 heterocycles. The van der Waals surface area contributed by atoms with E-state index in [0.29, 0.717) is 23.9 Å². The van der Waals surface area contributed by atoms with Gasteiger partial charge in [-0.15, -0.1) is 0 Å². The minimum atomic E-state index is -1.13. The molecule has 1 atom stereocenters. The lowest BCUT2D eigenvalue weighted by molar-refractivity contribution is -0.123. The lowest BCUT2D eigenvalue weighted by atomic mass is 9.96. The molecular formula is C15H26N2O3. The topological polar surface area (TPSA) is 65.7 Å². The molecule has 0 radical (unpaired) electrons. The molecule has 0 bridgehead atoms. The van der Waals surface area contributed by atoms with Crippen LogP contribution in [0.15, 0.2) is 10.5 Å². The third kappa shape index (κ3) is 4.35. The van der Waals surface area contributed by atoms with Crippen molar-refractivity contribution in [2.24, 2.45) is 0 Å². The van der Waals surface area contributed by atoms with Gasteiger partial charge in [0.1, 0.15) is 17.1 Å². The van der Waals surface area contributed by atoms with Crippen LogP contribution in [0.25, 0.3) is 0 Å². The third-order valence-corrected chi connectivity index (χ3v) is 3.53. The zero-order chi connectivity index (χ0) is 15.5. The van der Waals surface area contributed by atoms with Gasteiger partial charge in [0.15, 0.2) is 0 Å². The molecule has 1 aromatic rings. The van der Waals surface area contributed by atoms with Gasteiger partial charge >= 0.3 is 0 Å². The summed E-state index contributed by atoms with van der Waals surface area (Å²) in [6.45, 7) is 9.86. The summed E-state index contributed by atoms with van der Waals surface area (Å²) >= 11 is 0. The standard InChI is InChI=1S/C15H26N2O3/c1-10(2)17(6)8-14(18)16-9-15(5,19)13-7-11(3)20-12(13)4/h7,10,19H,8-9H2,1-6H3,(H,16,18). The predicted molar refractivity (Wildman–Crippen MR) is 78.5 cm³/mol. The van der Waals surface area contributed by atoms with Gasteiger partial charge in [-0.05, 0) is 47.7 Å². The van der Waals surface area contributed by atoms with E-state index < -0.39 is 5.60 Å². The molecule has 0 spiro atoms. The Labute approximate surface area is 121 Å². The van der Waals surface area contributed by atoms with E-state index in [-0.39, 0.29) is 12.5 Å². The summed E-state index contributed by atoms with van der Waals surface area (Å²) in [5, 5.41) is 13.3. The van der Waals surface area contributed by atoms with Gasteiger partial charge in [0, 0.05) is 11.6 Å². The fourth-order valence-corrected chi connectivity index (χ4v) is 2.00. The average Bonchev–Trinajstić information content (AvgIpc) is 2.66. The van der Waals surface area contributed by atoms with Gasteiger partial charge in [0.25, 0.3) is 0 Å². The number of aryl methyl sites for hydroxylation is 2. The number of hydrogen-bond acceptors (Lipinski definition) is 4. The molecule has 0 saturated carbocycles. The van der Waals surface area contributed by atoms with Crippen LogP contribution in [0.4, 0.5) is 0 Å². The molecule has 1 aromatic heterocycles. The molecule has 0 fully saturated rings. The van der Waals surface area contributed by atoms with Gasteiger partial charge in [0.05, 0.1) is 13.1 Å². The first-order valence-electron chi connectivity index (χ1n) is 6.90. The highest BCUT2D eigenvalue weighted by Crippen LogP contribution is 2.26. The first kappa shape index (κ1) is 16.7. The summed E-state index contributed by atoms with van der Waals surface area (Å²) in [5.41, 5.74) is -0.416. The number of nitrogens with one attached hydrogen (secondary N) is 1.